The molecule has 10 heteroatoms. The van der Waals surface area contributed by atoms with Gasteiger partial charge in [-0.1, -0.05) is 44.7 Å². The maximum atomic E-state index is 12.0. The molecule has 0 saturated heterocycles. The molecule has 1 heterocycles. The third-order valence-corrected chi connectivity index (χ3v) is 5.65. The van der Waals surface area contributed by atoms with Gasteiger partial charge in [-0.15, -0.1) is 0 Å². The molecule has 0 amide bonds. The average molecular weight is 453 g/mol. The minimum atomic E-state index is -3.59. The normalized spacial score (nSPS) is 14.6. The number of hydrogen-bond donors (Lipinski definition) is 2. The summed E-state index contributed by atoms with van der Waals surface area (Å²) >= 11 is 0. The SMILES string of the molecule is C=C/C(=C\C)c1nc(N(C)S(C)(=O)=O)nc(C(C)C)c1/C=C/[C@@H](O)C[C@@H](O)CC(=O)[O-]. The Hall–Kier alpha value is -2.56. The highest BCUT2D eigenvalue weighted by Crippen LogP contribution is 2.29. The van der Waals surface area contributed by atoms with Crippen molar-refractivity contribution in [1.29, 1.82) is 0 Å². The molecule has 0 radical (unpaired) electrons. The molecule has 1 rings (SSSR count). The molecule has 9 nitrogen and oxygen atoms in total. The van der Waals surface area contributed by atoms with Gasteiger partial charge in [0.25, 0.3) is 0 Å². The number of aliphatic carboxylic acids is 1. The van der Waals surface area contributed by atoms with Gasteiger partial charge >= 0.3 is 0 Å². The zero-order valence-electron chi connectivity index (χ0n) is 18.4. The third-order valence-electron chi connectivity index (χ3n) is 4.49. The Bertz CT molecular complexity index is 970. The van der Waals surface area contributed by atoms with Gasteiger partial charge in [0.2, 0.25) is 16.0 Å². The van der Waals surface area contributed by atoms with E-state index in [-0.39, 0.29) is 18.3 Å². The summed E-state index contributed by atoms with van der Waals surface area (Å²) in [6.45, 7) is 9.34. The predicted molar refractivity (Wildman–Crippen MR) is 119 cm³/mol. The van der Waals surface area contributed by atoms with Gasteiger partial charge in [0.1, 0.15) is 0 Å². The zero-order chi connectivity index (χ0) is 23.9. The first-order chi connectivity index (χ1) is 14.3. The Morgan fingerprint density at radius 2 is 1.90 bits per heavy atom. The number of carboxylic acids is 1. The summed E-state index contributed by atoms with van der Waals surface area (Å²) in [6, 6.07) is 0. The highest BCUT2D eigenvalue weighted by Gasteiger charge is 2.22. The molecule has 1 aromatic rings. The number of aliphatic hydroxyl groups is 2. The summed E-state index contributed by atoms with van der Waals surface area (Å²) in [5.74, 6) is -1.52. The van der Waals surface area contributed by atoms with E-state index in [2.05, 4.69) is 16.5 Å². The summed E-state index contributed by atoms with van der Waals surface area (Å²) in [6.07, 6.45) is 4.23. The van der Waals surface area contributed by atoms with Gasteiger partial charge < -0.3 is 20.1 Å². The molecule has 172 valence electrons. The fraction of sp³-hybridized carbons (Fsp3) is 0.476. The second kappa shape index (κ2) is 11.2. The molecular weight excluding hydrogens is 422 g/mol. The van der Waals surface area contributed by atoms with E-state index in [0.29, 0.717) is 22.5 Å². The highest BCUT2D eigenvalue weighted by atomic mass is 32.2. The quantitative estimate of drug-likeness (QED) is 0.470. The maximum Gasteiger partial charge on any atom is 0.239 e. The van der Waals surface area contributed by atoms with Crippen LogP contribution in [0, 0.1) is 0 Å². The Labute approximate surface area is 183 Å². The van der Waals surface area contributed by atoms with E-state index in [9.17, 15) is 28.5 Å². The number of hydrogen-bond acceptors (Lipinski definition) is 8. The number of carboxylic acid groups (broad SMARTS) is 1. The number of allylic oxidation sites excluding steroid dienone is 3. The molecular formula is C21H30N3O6S-. The van der Waals surface area contributed by atoms with Crippen LogP contribution < -0.4 is 9.41 Å². The van der Waals surface area contributed by atoms with Crippen molar-refractivity contribution in [3.05, 3.63) is 41.8 Å². The van der Waals surface area contributed by atoms with Crippen LogP contribution in [0.1, 0.15) is 56.5 Å². The molecule has 0 bridgehead atoms. The van der Waals surface area contributed by atoms with E-state index in [1.54, 1.807) is 25.2 Å². The van der Waals surface area contributed by atoms with Crippen LogP contribution in [0.25, 0.3) is 11.6 Å². The highest BCUT2D eigenvalue weighted by molar-refractivity contribution is 7.92. The number of sulfonamides is 1. The lowest BCUT2D eigenvalue weighted by Gasteiger charge is -2.21. The van der Waals surface area contributed by atoms with Crippen LogP contribution >= 0.6 is 0 Å². The van der Waals surface area contributed by atoms with Gasteiger partial charge in [-0.25, -0.2) is 22.7 Å². The lowest BCUT2D eigenvalue weighted by atomic mass is 9.97. The minimum Gasteiger partial charge on any atom is -0.550 e. The van der Waals surface area contributed by atoms with Crippen molar-refractivity contribution in [1.82, 2.24) is 9.97 Å². The molecule has 0 aliphatic heterocycles. The van der Waals surface area contributed by atoms with Crippen LogP contribution in [-0.2, 0) is 14.8 Å². The van der Waals surface area contributed by atoms with Crippen LogP contribution in [-0.4, -0.2) is 60.1 Å². The lowest BCUT2D eigenvalue weighted by molar-refractivity contribution is -0.307. The molecule has 0 unspecified atom stereocenters. The summed E-state index contributed by atoms with van der Waals surface area (Å²) in [5, 5.41) is 30.5. The van der Waals surface area contributed by atoms with Crippen molar-refractivity contribution in [3.8, 4) is 0 Å². The van der Waals surface area contributed by atoms with Crippen LogP contribution in [0.5, 0.6) is 0 Å². The number of aromatic nitrogens is 2. The molecule has 2 atom stereocenters. The van der Waals surface area contributed by atoms with Gasteiger partial charge in [0.15, 0.2) is 0 Å². The molecule has 0 aliphatic carbocycles. The largest absolute Gasteiger partial charge is 0.550 e. The van der Waals surface area contributed by atoms with Crippen molar-refractivity contribution in [2.24, 2.45) is 0 Å². The Kier molecular flexibility index (Phi) is 9.54. The molecule has 0 fully saturated rings. The van der Waals surface area contributed by atoms with E-state index in [0.717, 1.165) is 10.6 Å². The van der Waals surface area contributed by atoms with Crippen LogP contribution in [0.15, 0.2) is 24.8 Å². The molecule has 1 aromatic heterocycles. The second-order valence-corrected chi connectivity index (χ2v) is 9.41. The molecule has 0 saturated carbocycles. The lowest BCUT2D eigenvalue weighted by Crippen LogP contribution is -2.29. The monoisotopic (exact) mass is 452 g/mol. The zero-order valence-corrected chi connectivity index (χ0v) is 19.3. The van der Waals surface area contributed by atoms with Crippen LogP contribution in [0.4, 0.5) is 5.95 Å². The number of anilines is 1. The summed E-state index contributed by atoms with van der Waals surface area (Å²) in [7, 11) is -2.23. The van der Waals surface area contributed by atoms with Crippen molar-refractivity contribution >= 4 is 33.6 Å². The maximum absolute atomic E-state index is 12.0. The summed E-state index contributed by atoms with van der Waals surface area (Å²) < 4.78 is 25.0. The van der Waals surface area contributed by atoms with E-state index in [4.69, 9.17) is 0 Å². The van der Waals surface area contributed by atoms with E-state index in [1.807, 2.05) is 13.8 Å². The van der Waals surface area contributed by atoms with Gasteiger partial charge in [0.05, 0.1) is 29.9 Å². The standard InChI is InChI=1S/C21H31N3O6S/c1-7-14(8-2)20-17(10-9-15(25)11-16(26)12-18(27)28)19(13(3)4)22-21(23-20)24(5)31(6,29)30/h7-10,13,15-16,25-26H,1,11-12H2,2-6H3,(H,27,28)/p-1/b10-9+,14-8+/t15-,16-/m1/s1. The van der Waals surface area contributed by atoms with Crippen molar-refractivity contribution < 1.29 is 28.5 Å². The first-order valence-electron chi connectivity index (χ1n) is 9.70. The van der Waals surface area contributed by atoms with Crippen molar-refractivity contribution in [3.63, 3.8) is 0 Å². The van der Waals surface area contributed by atoms with E-state index >= 15 is 0 Å². The number of nitrogens with zero attached hydrogens (tertiary/aromatic N) is 3. The number of carbonyl (C=O) groups excluding carboxylic acids is 1. The second-order valence-electron chi connectivity index (χ2n) is 7.40. The number of aliphatic hydroxyl groups excluding tert-OH is 2. The van der Waals surface area contributed by atoms with E-state index < -0.39 is 34.6 Å². The van der Waals surface area contributed by atoms with Gasteiger partial charge in [-0.3, -0.25) is 0 Å². The first kappa shape index (κ1) is 26.5. The van der Waals surface area contributed by atoms with Crippen molar-refractivity contribution in [2.75, 3.05) is 17.6 Å². The predicted octanol–water partition coefficient (Wildman–Crippen LogP) is 0.850. The molecule has 2 N–H and O–H groups in total. The smallest absolute Gasteiger partial charge is 0.239 e. The molecule has 0 aromatic carbocycles. The van der Waals surface area contributed by atoms with Gasteiger partial charge in [-0.2, -0.15) is 0 Å². The number of carbonyl (C=O) groups is 1. The molecule has 0 spiro atoms. The summed E-state index contributed by atoms with van der Waals surface area (Å²) in [5.41, 5.74) is 2.18. The minimum absolute atomic E-state index is 0.00415. The topological polar surface area (TPSA) is 144 Å². The molecule has 0 aliphatic rings. The van der Waals surface area contributed by atoms with Gasteiger partial charge in [-0.05, 0) is 18.4 Å². The Morgan fingerprint density at radius 3 is 2.35 bits per heavy atom. The van der Waals surface area contributed by atoms with E-state index in [1.165, 1.54) is 13.1 Å². The molecule has 31 heavy (non-hydrogen) atoms. The van der Waals surface area contributed by atoms with Crippen molar-refractivity contribution in [2.45, 2.75) is 51.7 Å². The number of rotatable bonds is 11. The third kappa shape index (κ3) is 7.57. The Balaban J connectivity index is 3.56. The summed E-state index contributed by atoms with van der Waals surface area (Å²) in [4.78, 5) is 19.4. The average Bonchev–Trinajstić information content (AvgIpc) is 2.65. The fourth-order valence-corrected chi connectivity index (χ4v) is 3.16. The fourth-order valence-electron chi connectivity index (χ4n) is 2.78. The van der Waals surface area contributed by atoms with Gasteiger partial charge in [0, 0.05) is 31.4 Å². The first-order valence-corrected chi connectivity index (χ1v) is 11.6. The van der Waals surface area contributed by atoms with Crippen LogP contribution in [0.3, 0.4) is 0 Å². The van der Waals surface area contributed by atoms with Crippen LogP contribution in [0.2, 0.25) is 0 Å². The Morgan fingerprint density at radius 1 is 1.29 bits per heavy atom.